The van der Waals surface area contributed by atoms with Gasteiger partial charge in [0.25, 0.3) is 0 Å². The van der Waals surface area contributed by atoms with Crippen LogP contribution in [0.2, 0.25) is 5.15 Å². The molecule has 0 spiro atoms. The van der Waals surface area contributed by atoms with Gasteiger partial charge in [-0.2, -0.15) is 5.10 Å². The van der Waals surface area contributed by atoms with Crippen LogP contribution < -0.4 is 0 Å². The van der Waals surface area contributed by atoms with Gasteiger partial charge in [0.05, 0.1) is 6.20 Å². The summed E-state index contributed by atoms with van der Waals surface area (Å²) in [6.07, 6.45) is 5.07. The van der Waals surface area contributed by atoms with Gasteiger partial charge in [-0.25, -0.2) is 9.97 Å². The molecule has 3 heterocycles. The van der Waals surface area contributed by atoms with Crippen molar-refractivity contribution in [1.29, 1.82) is 0 Å². The SMILES string of the molecule is Cn1ncc2nc(-c3cccnc3)nc(Cl)c21. The van der Waals surface area contributed by atoms with E-state index in [0.717, 1.165) is 16.6 Å². The lowest BCUT2D eigenvalue weighted by molar-refractivity contribution is 0.795. The summed E-state index contributed by atoms with van der Waals surface area (Å²) in [6.45, 7) is 0. The summed E-state index contributed by atoms with van der Waals surface area (Å²) >= 11 is 6.13. The largest absolute Gasteiger partial charge is 0.264 e. The monoisotopic (exact) mass is 245 g/mol. The van der Waals surface area contributed by atoms with Crippen LogP contribution in [0.25, 0.3) is 22.4 Å². The highest BCUT2D eigenvalue weighted by Gasteiger charge is 2.11. The van der Waals surface area contributed by atoms with Crippen LogP contribution in [0, 0.1) is 0 Å². The fourth-order valence-electron chi connectivity index (χ4n) is 1.66. The molecule has 17 heavy (non-hydrogen) atoms. The lowest BCUT2D eigenvalue weighted by Crippen LogP contribution is -1.95. The van der Waals surface area contributed by atoms with Crippen LogP contribution in [0.4, 0.5) is 0 Å². The van der Waals surface area contributed by atoms with Gasteiger partial charge in [-0.15, -0.1) is 0 Å². The molecule has 0 radical (unpaired) electrons. The molecule has 3 aromatic rings. The van der Waals surface area contributed by atoms with Crippen LogP contribution in [0.15, 0.2) is 30.7 Å². The molecule has 0 aliphatic carbocycles. The summed E-state index contributed by atoms with van der Waals surface area (Å²) in [4.78, 5) is 12.7. The van der Waals surface area contributed by atoms with Crippen molar-refractivity contribution in [3.05, 3.63) is 35.9 Å². The second-order valence-corrected chi connectivity index (χ2v) is 3.94. The predicted octanol–water partition coefficient (Wildman–Crippen LogP) is 2.08. The normalized spacial score (nSPS) is 10.9. The molecular weight excluding hydrogens is 238 g/mol. The third-order valence-electron chi connectivity index (χ3n) is 2.47. The van der Waals surface area contributed by atoms with Gasteiger partial charge in [0.15, 0.2) is 11.0 Å². The van der Waals surface area contributed by atoms with Crippen molar-refractivity contribution < 1.29 is 0 Å². The second-order valence-electron chi connectivity index (χ2n) is 3.58. The molecular formula is C11H8ClN5. The summed E-state index contributed by atoms with van der Waals surface area (Å²) in [5.41, 5.74) is 2.30. The first-order valence-electron chi connectivity index (χ1n) is 5.01. The van der Waals surface area contributed by atoms with E-state index in [1.807, 2.05) is 12.1 Å². The maximum absolute atomic E-state index is 6.13. The summed E-state index contributed by atoms with van der Waals surface area (Å²) in [5.74, 6) is 0.559. The van der Waals surface area contributed by atoms with Crippen LogP contribution in [0.5, 0.6) is 0 Å². The van der Waals surface area contributed by atoms with Crippen LogP contribution >= 0.6 is 11.6 Å². The molecule has 0 bridgehead atoms. The zero-order chi connectivity index (χ0) is 11.8. The Hall–Kier alpha value is -2.01. The number of pyridine rings is 1. The van der Waals surface area contributed by atoms with Crippen LogP contribution in [-0.4, -0.2) is 24.7 Å². The van der Waals surface area contributed by atoms with E-state index in [2.05, 4.69) is 20.1 Å². The first-order chi connectivity index (χ1) is 8.25. The number of hydrogen-bond donors (Lipinski definition) is 0. The van der Waals surface area contributed by atoms with Gasteiger partial charge < -0.3 is 0 Å². The van der Waals surface area contributed by atoms with E-state index in [0.29, 0.717) is 11.0 Å². The van der Waals surface area contributed by atoms with Crippen molar-refractivity contribution in [2.24, 2.45) is 7.05 Å². The van der Waals surface area contributed by atoms with Crippen LogP contribution in [-0.2, 0) is 7.05 Å². The quantitative estimate of drug-likeness (QED) is 0.616. The molecule has 0 fully saturated rings. The third kappa shape index (κ3) is 1.64. The number of halogens is 1. The summed E-state index contributed by atoms with van der Waals surface area (Å²) in [7, 11) is 1.81. The van der Waals surface area contributed by atoms with Gasteiger partial charge >= 0.3 is 0 Å². The molecule has 0 aliphatic rings. The molecule has 0 amide bonds. The van der Waals surface area contributed by atoms with Gasteiger partial charge in [0.1, 0.15) is 11.0 Å². The van der Waals surface area contributed by atoms with Crippen molar-refractivity contribution in [3.8, 4) is 11.4 Å². The Morgan fingerprint density at radius 3 is 2.88 bits per heavy atom. The molecule has 6 heteroatoms. The number of nitrogens with zero attached hydrogens (tertiary/aromatic N) is 5. The summed E-state index contributed by atoms with van der Waals surface area (Å²) < 4.78 is 1.66. The fraction of sp³-hybridized carbons (Fsp3) is 0.0909. The van der Waals surface area contributed by atoms with Crippen molar-refractivity contribution >= 4 is 22.6 Å². The van der Waals surface area contributed by atoms with Crippen molar-refractivity contribution in [2.45, 2.75) is 0 Å². The molecule has 0 unspecified atom stereocenters. The van der Waals surface area contributed by atoms with Crippen molar-refractivity contribution in [2.75, 3.05) is 0 Å². The number of rotatable bonds is 1. The van der Waals surface area contributed by atoms with E-state index in [1.165, 1.54) is 0 Å². The Morgan fingerprint density at radius 2 is 2.12 bits per heavy atom. The van der Waals surface area contributed by atoms with E-state index in [9.17, 15) is 0 Å². The Labute approximate surface area is 102 Å². The Bertz CT molecular complexity index is 677. The first kappa shape index (κ1) is 10.2. The zero-order valence-electron chi connectivity index (χ0n) is 9.00. The van der Waals surface area contributed by atoms with Crippen molar-refractivity contribution in [1.82, 2.24) is 24.7 Å². The van der Waals surface area contributed by atoms with Crippen LogP contribution in [0.3, 0.4) is 0 Å². The fourth-order valence-corrected chi connectivity index (χ4v) is 1.96. The lowest BCUT2D eigenvalue weighted by Gasteiger charge is -2.01. The lowest BCUT2D eigenvalue weighted by atomic mass is 10.2. The zero-order valence-corrected chi connectivity index (χ0v) is 9.76. The standard InChI is InChI=1S/C11H8ClN5/c1-17-9-8(6-14-17)15-11(16-10(9)12)7-3-2-4-13-5-7/h2-6H,1H3. The third-order valence-corrected chi connectivity index (χ3v) is 2.73. The minimum absolute atomic E-state index is 0.397. The van der Waals surface area contributed by atoms with Gasteiger partial charge in [-0.05, 0) is 12.1 Å². The predicted molar refractivity (Wildman–Crippen MR) is 64.5 cm³/mol. The smallest absolute Gasteiger partial charge is 0.163 e. The minimum Gasteiger partial charge on any atom is -0.264 e. The molecule has 3 rings (SSSR count). The van der Waals surface area contributed by atoms with Gasteiger partial charge in [-0.1, -0.05) is 11.6 Å². The van der Waals surface area contributed by atoms with Gasteiger partial charge in [0.2, 0.25) is 0 Å². The van der Waals surface area contributed by atoms with E-state index < -0.39 is 0 Å². The Balaban J connectivity index is 2.26. The molecule has 0 atom stereocenters. The number of fused-ring (bicyclic) bond motifs is 1. The van der Waals surface area contributed by atoms with E-state index >= 15 is 0 Å². The van der Waals surface area contributed by atoms with Crippen LogP contribution in [0.1, 0.15) is 0 Å². The number of hydrogen-bond acceptors (Lipinski definition) is 4. The molecule has 0 saturated heterocycles. The van der Waals surface area contributed by atoms with E-state index in [4.69, 9.17) is 11.6 Å². The molecule has 0 aromatic carbocycles. The Kier molecular flexibility index (Phi) is 2.26. The van der Waals surface area contributed by atoms with Gasteiger partial charge in [0, 0.05) is 25.0 Å². The average Bonchev–Trinajstić information content (AvgIpc) is 2.73. The molecule has 5 nitrogen and oxygen atoms in total. The maximum atomic E-state index is 6.13. The summed E-state index contributed by atoms with van der Waals surface area (Å²) in [6, 6.07) is 3.72. The molecule has 0 saturated carbocycles. The molecule has 0 aliphatic heterocycles. The molecule has 84 valence electrons. The highest BCUT2D eigenvalue weighted by Crippen LogP contribution is 2.23. The Morgan fingerprint density at radius 1 is 1.24 bits per heavy atom. The highest BCUT2D eigenvalue weighted by molar-refractivity contribution is 6.33. The molecule has 3 aromatic heterocycles. The van der Waals surface area contributed by atoms with Crippen molar-refractivity contribution in [3.63, 3.8) is 0 Å². The first-order valence-corrected chi connectivity index (χ1v) is 5.39. The van der Waals surface area contributed by atoms with E-state index in [1.54, 1.807) is 30.3 Å². The average molecular weight is 246 g/mol. The second kappa shape index (κ2) is 3.78. The maximum Gasteiger partial charge on any atom is 0.163 e. The summed E-state index contributed by atoms with van der Waals surface area (Å²) in [5, 5.41) is 4.50. The topological polar surface area (TPSA) is 56.5 Å². The number of aryl methyl sites for hydroxylation is 1. The van der Waals surface area contributed by atoms with E-state index in [-0.39, 0.29) is 0 Å². The number of aromatic nitrogens is 5. The van der Waals surface area contributed by atoms with Gasteiger partial charge in [-0.3, -0.25) is 9.67 Å². The minimum atomic E-state index is 0.397. The highest BCUT2D eigenvalue weighted by atomic mass is 35.5. The molecule has 0 N–H and O–H groups in total.